The molecule has 3 rings (SSSR count). The van der Waals surface area contributed by atoms with Crippen molar-refractivity contribution >= 4 is 28.9 Å². The molecule has 0 radical (unpaired) electrons. The number of allylic oxidation sites excluding steroid dienone is 4. The number of nitrogens with one attached hydrogen (secondary N) is 2. The second-order valence-electron chi connectivity index (χ2n) is 5.19. The lowest BCUT2D eigenvalue weighted by Crippen LogP contribution is -2.34. The van der Waals surface area contributed by atoms with Crippen molar-refractivity contribution in [2.45, 2.75) is 5.92 Å². The van der Waals surface area contributed by atoms with Crippen LogP contribution in [0.4, 0.5) is 5.69 Å². The number of benzene rings is 2. The van der Waals surface area contributed by atoms with Gasteiger partial charge in [-0.25, -0.2) is 0 Å². The quantitative estimate of drug-likeness (QED) is 0.839. The van der Waals surface area contributed by atoms with Crippen LogP contribution >= 0.6 is 12.2 Å². The molecule has 1 aliphatic rings. The van der Waals surface area contributed by atoms with Gasteiger partial charge in [-0.2, -0.15) is 0 Å². The zero-order chi connectivity index (χ0) is 16.1. The third kappa shape index (κ3) is 3.93. The second kappa shape index (κ2) is 7.03. The van der Waals surface area contributed by atoms with Crippen LogP contribution in [0.5, 0.6) is 0 Å². The molecule has 1 aliphatic carbocycles. The molecule has 2 N–H and O–H groups in total. The molecule has 3 nitrogen and oxygen atoms in total. The largest absolute Gasteiger partial charge is 0.332 e. The summed E-state index contributed by atoms with van der Waals surface area (Å²) in [6, 6.07) is 17.0. The van der Waals surface area contributed by atoms with Crippen LogP contribution in [0, 0.1) is 0 Å². The monoisotopic (exact) mass is 320 g/mol. The highest BCUT2D eigenvalue weighted by Crippen LogP contribution is 2.24. The predicted octanol–water partition coefficient (Wildman–Crippen LogP) is 4.02. The normalized spacial score (nSPS) is 13.0. The molecule has 0 saturated heterocycles. The summed E-state index contributed by atoms with van der Waals surface area (Å²) >= 11 is 5.19. The van der Waals surface area contributed by atoms with Crippen molar-refractivity contribution in [1.29, 1.82) is 0 Å². The van der Waals surface area contributed by atoms with Gasteiger partial charge in [0.25, 0.3) is 5.91 Å². The maximum atomic E-state index is 12.0. The third-order valence-corrected chi connectivity index (χ3v) is 3.77. The molecule has 0 fully saturated rings. The van der Waals surface area contributed by atoms with E-state index in [0.29, 0.717) is 11.5 Å². The number of rotatable bonds is 3. The van der Waals surface area contributed by atoms with Crippen LogP contribution < -0.4 is 10.6 Å². The Labute approximate surface area is 140 Å². The average molecular weight is 320 g/mol. The van der Waals surface area contributed by atoms with Gasteiger partial charge in [0.2, 0.25) is 0 Å². The number of anilines is 1. The lowest BCUT2D eigenvalue weighted by molar-refractivity contribution is 0.0978. The summed E-state index contributed by atoms with van der Waals surface area (Å²) in [5, 5.41) is 5.98. The zero-order valence-corrected chi connectivity index (χ0v) is 13.2. The van der Waals surface area contributed by atoms with E-state index in [4.69, 9.17) is 12.2 Å². The standard InChI is InChI=1S/C19H16N2OS/c22-18(16-8-2-1-3-9-16)21-19(23)20-17-12-10-15(11-13-17)14-6-4-5-7-14/h1-14H,(H2,20,21,22,23). The topological polar surface area (TPSA) is 41.1 Å². The van der Waals surface area contributed by atoms with Crippen molar-refractivity contribution in [1.82, 2.24) is 5.32 Å². The molecule has 0 heterocycles. The van der Waals surface area contributed by atoms with E-state index >= 15 is 0 Å². The van der Waals surface area contributed by atoms with E-state index in [-0.39, 0.29) is 11.0 Å². The lowest BCUT2D eigenvalue weighted by atomic mass is 10.0. The first-order valence-electron chi connectivity index (χ1n) is 7.35. The fraction of sp³-hybridized carbons (Fsp3) is 0.0526. The number of hydrogen-bond donors (Lipinski definition) is 2. The Morgan fingerprint density at radius 1 is 0.913 bits per heavy atom. The van der Waals surface area contributed by atoms with Crippen LogP contribution in [0.3, 0.4) is 0 Å². The Morgan fingerprint density at radius 3 is 2.22 bits per heavy atom. The highest BCUT2D eigenvalue weighted by Gasteiger charge is 2.09. The molecule has 2 aromatic rings. The molecule has 1 amide bonds. The van der Waals surface area contributed by atoms with Crippen molar-refractivity contribution in [3.63, 3.8) is 0 Å². The van der Waals surface area contributed by atoms with E-state index in [1.807, 2.05) is 42.5 Å². The Balaban J connectivity index is 1.58. The van der Waals surface area contributed by atoms with E-state index < -0.39 is 0 Å². The van der Waals surface area contributed by atoms with Gasteiger partial charge >= 0.3 is 0 Å². The fourth-order valence-electron chi connectivity index (χ4n) is 2.37. The van der Waals surface area contributed by atoms with Crippen LogP contribution in [0.25, 0.3) is 0 Å². The molecule has 2 aromatic carbocycles. The van der Waals surface area contributed by atoms with Crippen LogP contribution in [0.1, 0.15) is 21.8 Å². The van der Waals surface area contributed by atoms with E-state index in [9.17, 15) is 4.79 Å². The first kappa shape index (κ1) is 15.2. The molecule has 4 heteroatoms. The fourth-order valence-corrected chi connectivity index (χ4v) is 2.58. The maximum Gasteiger partial charge on any atom is 0.257 e. The first-order chi connectivity index (χ1) is 11.2. The Kier molecular flexibility index (Phi) is 4.64. The van der Waals surface area contributed by atoms with Gasteiger partial charge in [0, 0.05) is 17.2 Å². The van der Waals surface area contributed by atoms with Crippen LogP contribution in [-0.4, -0.2) is 11.0 Å². The van der Waals surface area contributed by atoms with E-state index in [1.54, 1.807) is 12.1 Å². The molecule has 0 spiro atoms. The molecule has 0 bridgehead atoms. The first-order valence-corrected chi connectivity index (χ1v) is 7.75. The summed E-state index contributed by atoms with van der Waals surface area (Å²) in [4.78, 5) is 12.0. The van der Waals surface area contributed by atoms with Crippen molar-refractivity contribution in [2.75, 3.05) is 5.32 Å². The summed E-state index contributed by atoms with van der Waals surface area (Å²) in [6.45, 7) is 0. The summed E-state index contributed by atoms with van der Waals surface area (Å²) in [5.74, 6) is 0.120. The summed E-state index contributed by atoms with van der Waals surface area (Å²) in [5.41, 5.74) is 2.64. The number of amides is 1. The molecular formula is C19H16N2OS. The summed E-state index contributed by atoms with van der Waals surface area (Å²) < 4.78 is 0. The van der Waals surface area contributed by atoms with Gasteiger partial charge in [-0.05, 0) is 42.0 Å². The molecule has 23 heavy (non-hydrogen) atoms. The molecule has 0 aliphatic heterocycles. The van der Waals surface area contributed by atoms with Crippen LogP contribution in [0.15, 0.2) is 78.9 Å². The minimum atomic E-state index is -0.221. The SMILES string of the molecule is O=C(NC(=S)Nc1ccc(C2C=CC=C2)cc1)c1ccccc1. The third-order valence-electron chi connectivity index (χ3n) is 3.56. The molecular weight excluding hydrogens is 304 g/mol. The smallest absolute Gasteiger partial charge is 0.257 e. The van der Waals surface area contributed by atoms with Gasteiger partial charge in [0.15, 0.2) is 5.11 Å². The van der Waals surface area contributed by atoms with Gasteiger partial charge in [0.1, 0.15) is 0 Å². The van der Waals surface area contributed by atoms with E-state index in [2.05, 4.69) is 34.9 Å². The van der Waals surface area contributed by atoms with Crippen molar-refractivity contribution in [3.8, 4) is 0 Å². The lowest BCUT2D eigenvalue weighted by Gasteiger charge is -2.11. The molecule has 0 unspecified atom stereocenters. The highest BCUT2D eigenvalue weighted by molar-refractivity contribution is 7.80. The predicted molar refractivity (Wildman–Crippen MR) is 97.6 cm³/mol. The average Bonchev–Trinajstić information content (AvgIpc) is 3.11. The van der Waals surface area contributed by atoms with Gasteiger partial charge in [-0.1, -0.05) is 54.6 Å². The molecule has 0 aromatic heterocycles. The van der Waals surface area contributed by atoms with Gasteiger partial charge in [-0.15, -0.1) is 0 Å². The Bertz CT molecular complexity index is 752. The number of carbonyl (C=O) groups excluding carboxylic acids is 1. The van der Waals surface area contributed by atoms with Gasteiger partial charge < -0.3 is 5.32 Å². The highest BCUT2D eigenvalue weighted by atomic mass is 32.1. The van der Waals surface area contributed by atoms with Crippen molar-refractivity contribution < 1.29 is 4.79 Å². The van der Waals surface area contributed by atoms with Gasteiger partial charge in [-0.3, -0.25) is 10.1 Å². The molecule has 114 valence electrons. The second-order valence-corrected chi connectivity index (χ2v) is 5.60. The minimum Gasteiger partial charge on any atom is -0.332 e. The van der Waals surface area contributed by atoms with Crippen molar-refractivity contribution in [2.24, 2.45) is 0 Å². The van der Waals surface area contributed by atoms with E-state index in [0.717, 1.165) is 5.69 Å². The van der Waals surface area contributed by atoms with Crippen LogP contribution in [0.2, 0.25) is 0 Å². The zero-order valence-electron chi connectivity index (χ0n) is 12.4. The number of hydrogen-bond acceptors (Lipinski definition) is 2. The summed E-state index contributed by atoms with van der Waals surface area (Å²) in [6.07, 6.45) is 8.39. The van der Waals surface area contributed by atoms with E-state index in [1.165, 1.54) is 5.56 Å². The molecule has 0 saturated carbocycles. The Morgan fingerprint density at radius 2 is 1.57 bits per heavy atom. The van der Waals surface area contributed by atoms with Crippen molar-refractivity contribution in [3.05, 3.63) is 90.0 Å². The van der Waals surface area contributed by atoms with Gasteiger partial charge in [0.05, 0.1) is 0 Å². The number of carbonyl (C=O) groups is 1. The Hall–Kier alpha value is -2.72. The maximum absolute atomic E-state index is 12.0. The minimum absolute atomic E-state index is 0.221. The summed E-state index contributed by atoms with van der Waals surface area (Å²) in [7, 11) is 0. The van der Waals surface area contributed by atoms with Crippen LogP contribution in [-0.2, 0) is 0 Å². The molecule has 0 atom stereocenters. The number of thiocarbonyl (C=S) groups is 1.